The summed E-state index contributed by atoms with van der Waals surface area (Å²) < 4.78 is 104. The zero-order chi connectivity index (χ0) is 20.7. The lowest BCUT2D eigenvalue weighted by Crippen LogP contribution is -2.18. The number of aromatic nitrogens is 1. The Morgan fingerprint density at radius 3 is 2.04 bits per heavy atom. The molecule has 0 aliphatic rings. The van der Waals surface area contributed by atoms with Crippen molar-refractivity contribution in [3.63, 3.8) is 0 Å². The Bertz CT molecular complexity index is 1110. The van der Waals surface area contributed by atoms with Gasteiger partial charge in [-0.05, 0) is 35.0 Å². The van der Waals surface area contributed by atoms with E-state index < -0.39 is 39.5 Å². The Hall–Kier alpha value is -2.82. The van der Waals surface area contributed by atoms with Gasteiger partial charge in [-0.3, -0.25) is 4.72 Å². The summed E-state index contributed by atoms with van der Waals surface area (Å²) >= 11 is 0. The van der Waals surface area contributed by atoms with E-state index >= 15 is 0 Å². The molecule has 0 fully saturated rings. The van der Waals surface area contributed by atoms with Crippen molar-refractivity contribution in [1.82, 2.24) is 4.98 Å². The molecule has 0 bridgehead atoms. The second-order valence-corrected chi connectivity index (χ2v) is 7.42. The third-order valence-corrected chi connectivity index (χ3v) is 5.07. The van der Waals surface area contributed by atoms with Crippen LogP contribution in [-0.2, 0) is 22.4 Å². The predicted molar refractivity (Wildman–Crippen MR) is 89.0 cm³/mol. The molecule has 3 rings (SSSR count). The second kappa shape index (κ2) is 6.66. The van der Waals surface area contributed by atoms with Gasteiger partial charge < -0.3 is 0 Å². The molecule has 0 unspecified atom stereocenters. The predicted octanol–water partition coefficient (Wildman–Crippen LogP) is 5.07. The summed E-state index contributed by atoms with van der Waals surface area (Å²) in [6, 6.07) is 10.6. The SMILES string of the molecule is O=S(=O)(Nc1cc(C(F)(F)F)cc(C(F)(F)F)n1)c1ccc2ccccc2c1. The molecule has 0 amide bonds. The van der Waals surface area contributed by atoms with Crippen LogP contribution in [0.3, 0.4) is 0 Å². The van der Waals surface area contributed by atoms with E-state index in [9.17, 15) is 34.8 Å². The van der Waals surface area contributed by atoms with Crippen molar-refractivity contribution in [1.29, 1.82) is 0 Å². The van der Waals surface area contributed by atoms with E-state index in [2.05, 4.69) is 4.98 Å². The number of halogens is 6. The molecule has 0 saturated heterocycles. The van der Waals surface area contributed by atoms with Crippen molar-refractivity contribution in [3.8, 4) is 0 Å². The van der Waals surface area contributed by atoms with Crippen molar-refractivity contribution in [3.05, 3.63) is 65.9 Å². The highest BCUT2D eigenvalue weighted by atomic mass is 32.2. The van der Waals surface area contributed by atoms with Crippen molar-refractivity contribution in [2.75, 3.05) is 4.72 Å². The zero-order valence-electron chi connectivity index (χ0n) is 13.6. The zero-order valence-corrected chi connectivity index (χ0v) is 14.5. The van der Waals surface area contributed by atoms with Gasteiger partial charge in [-0.2, -0.15) is 26.3 Å². The number of sulfonamides is 1. The summed E-state index contributed by atoms with van der Waals surface area (Å²) in [6.07, 6.45) is -10.3. The largest absolute Gasteiger partial charge is 0.433 e. The number of nitrogens with one attached hydrogen (secondary N) is 1. The molecule has 0 aliphatic carbocycles. The van der Waals surface area contributed by atoms with Gasteiger partial charge in [-0.1, -0.05) is 30.3 Å². The van der Waals surface area contributed by atoms with E-state index in [4.69, 9.17) is 0 Å². The molecule has 0 saturated carbocycles. The molecule has 1 aromatic heterocycles. The molecule has 11 heteroatoms. The summed E-state index contributed by atoms with van der Waals surface area (Å²) in [5, 5.41) is 1.23. The number of hydrogen-bond donors (Lipinski definition) is 1. The average Bonchev–Trinajstić information content (AvgIpc) is 2.59. The Morgan fingerprint density at radius 1 is 0.786 bits per heavy atom. The van der Waals surface area contributed by atoms with Crippen LogP contribution in [0, 0.1) is 0 Å². The van der Waals surface area contributed by atoms with Gasteiger partial charge in [0, 0.05) is 0 Å². The molecule has 4 nitrogen and oxygen atoms in total. The van der Waals surface area contributed by atoms with Crippen LogP contribution in [-0.4, -0.2) is 13.4 Å². The van der Waals surface area contributed by atoms with Gasteiger partial charge in [0.2, 0.25) is 0 Å². The van der Waals surface area contributed by atoms with Crippen LogP contribution < -0.4 is 4.72 Å². The van der Waals surface area contributed by atoms with Crippen LogP contribution in [0.2, 0.25) is 0 Å². The monoisotopic (exact) mass is 420 g/mol. The van der Waals surface area contributed by atoms with E-state index in [-0.39, 0.29) is 17.0 Å². The molecule has 1 heterocycles. The van der Waals surface area contributed by atoms with Crippen LogP contribution >= 0.6 is 0 Å². The number of nitrogens with zero attached hydrogens (tertiary/aromatic N) is 1. The maximum atomic E-state index is 12.9. The average molecular weight is 420 g/mol. The lowest BCUT2D eigenvalue weighted by molar-refractivity contribution is -0.145. The van der Waals surface area contributed by atoms with Crippen molar-refractivity contribution >= 4 is 26.6 Å². The van der Waals surface area contributed by atoms with Gasteiger partial charge >= 0.3 is 12.4 Å². The Balaban J connectivity index is 2.05. The number of hydrogen-bond acceptors (Lipinski definition) is 3. The van der Waals surface area contributed by atoms with Gasteiger partial charge in [0.25, 0.3) is 10.0 Å². The molecule has 28 heavy (non-hydrogen) atoms. The van der Waals surface area contributed by atoms with Gasteiger partial charge in [-0.15, -0.1) is 0 Å². The first-order chi connectivity index (χ1) is 12.9. The molecule has 0 radical (unpaired) electrons. The van der Waals surface area contributed by atoms with Crippen molar-refractivity contribution < 1.29 is 34.8 Å². The fourth-order valence-corrected chi connectivity index (χ4v) is 3.45. The fourth-order valence-electron chi connectivity index (χ4n) is 2.42. The van der Waals surface area contributed by atoms with E-state index in [1.807, 2.05) is 0 Å². The molecule has 1 N–H and O–H groups in total. The Kier molecular flexibility index (Phi) is 4.74. The summed E-state index contributed by atoms with van der Waals surface area (Å²) in [5.41, 5.74) is -3.54. The van der Waals surface area contributed by atoms with Crippen LogP contribution in [0.1, 0.15) is 11.3 Å². The maximum Gasteiger partial charge on any atom is 0.433 e. The summed E-state index contributed by atoms with van der Waals surface area (Å²) in [5.74, 6) is -1.09. The maximum absolute atomic E-state index is 12.9. The normalized spacial score (nSPS) is 12.9. The Labute approximate surface area is 154 Å². The lowest BCUT2D eigenvalue weighted by atomic mass is 10.1. The second-order valence-electron chi connectivity index (χ2n) is 5.74. The molecule has 0 spiro atoms. The third-order valence-electron chi connectivity index (χ3n) is 3.71. The molecule has 148 valence electrons. The first-order valence-corrected chi connectivity index (χ1v) is 9.03. The van der Waals surface area contributed by atoms with Gasteiger partial charge in [0.05, 0.1) is 10.5 Å². The summed E-state index contributed by atoms with van der Waals surface area (Å²) in [4.78, 5) is 2.64. The highest BCUT2D eigenvalue weighted by molar-refractivity contribution is 7.92. The molecule has 0 atom stereocenters. The van der Waals surface area contributed by atoms with Crippen LogP contribution in [0.4, 0.5) is 32.2 Å². The number of fused-ring (bicyclic) bond motifs is 1. The first kappa shape index (κ1) is 19.9. The molecular formula is C17H10F6N2O2S. The molecule has 3 aromatic rings. The van der Waals surface area contributed by atoms with E-state index in [0.29, 0.717) is 10.8 Å². The number of benzene rings is 2. The van der Waals surface area contributed by atoms with Crippen molar-refractivity contribution in [2.24, 2.45) is 0 Å². The minimum atomic E-state index is -5.19. The smallest absolute Gasteiger partial charge is 0.263 e. The highest BCUT2D eigenvalue weighted by Crippen LogP contribution is 2.36. The van der Waals surface area contributed by atoms with Gasteiger partial charge in [0.1, 0.15) is 11.5 Å². The van der Waals surface area contributed by atoms with E-state index in [1.165, 1.54) is 18.2 Å². The highest BCUT2D eigenvalue weighted by Gasteiger charge is 2.38. The van der Waals surface area contributed by atoms with Crippen molar-refractivity contribution in [2.45, 2.75) is 17.2 Å². The van der Waals surface area contributed by atoms with E-state index in [0.717, 1.165) is 0 Å². The number of anilines is 1. The molecule has 0 aliphatic heterocycles. The minimum Gasteiger partial charge on any atom is -0.263 e. The van der Waals surface area contributed by atoms with Crippen LogP contribution in [0.15, 0.2) is 59.5 Å². The van der Waals surface area contributed by atoms with Gasteiger partial charge in [0.15, 0.2) is 0 Å². The van der Waals surface area contributed by atoms with Crippen LogP contribution in [0.25, 0.3) is 10.8 Å². The molecule has 2 aromatic carbocycles. The van der Waals surface area contributed by atoms with Gasteiger partial charge in [-0.25, -0.2) is 13.4 Å². The standard InChI is InChI=1S/C17H10F6N2O2S/c18-16(19,20)12-8-14(17(21,22)23)24-15(9-12)25-28(26,27)13-6-5-10-3-1-2-4-11(10)7-13/h1-9H,(H,24,25). The van der Waals surface area contributed by atoms with E-state index in [1.54, 1.807) is 29.0 Å². The van der Waals surface area contributed by atoms with Crippen LogP contribution in [0.5, 0.6) is 0 Å². The number of rotatable bonds is 3. The summed E-state index contributed by atoms with van der Waals surface area (Å²) in [6.45, 7) is 0. The molecular weight excluding hydrogens is 410 g/mol. The number of pyridine rings is 1. The Morgan fingerprint density at radius 2 is 1.43 bits per heavy atom. The fraction of sp³-hybridized carbons (Fsp3) is 0.118. The first-order valence-electron chi connectivity index (χ1n) is 7.54. The topological polar surface area (TPSA) is 59.1 Å². The third kappa shape index (κ3) is 4.19. The summed E-state index contributed by atoms with van der Waals surface area (Å²) in [7, 11) is -4.48. The lowest BCUT2D eigenvalue weighted by Gasteiger charge is -2.14. The number of alkyl halides is 6. The minimum absolute atomic E-state index is 0.187. The quantitative estimate of drug-likeness (QED) is 0.602.